The summed E-state index contributed by atoms with van der Waals surface area (Å²) in [5.41, 5.74) is -0.490. The van der Waals surface area contributed by atoms with Crippen LogP contribution in [0.2, 0.25) is 0 Å². The Morgan fingerprint density at radius 1 is 1.30 bits per heavy atom. The van der Waals surface area contributed by atoms with Crippen LogP contribution in [0.3, 0.4) is 0 Å². The molecule has 0 saturated carbocycles. The smallest absolute Gasteiger partial charge is 0.406 e. The van der Waals surface area contributed by atoms with Crippen LogP contribution in [0.15, 0.2) is 18.2 Å². The minimum atomic E-state index is -4.99. The van der Waals surface area contributed by atoms with Gasteiger partial charge in [-0.25, -0.2) is 4.39 Å². The Hall–Kier alpha value is -1.91. The molecule has 128 valence electrons. The van der Waals surface area contributed by atoms with Gasteiger partial charge in [0.1, 0.15) is 11.6 Å². The van der Waals surface area contributed by atoms with Crippen LogP contribution in [0.1, 0.15) is 6.42 Å². The maximum Gasteiger partial charge on any atom is 0.573 e. The molecule has 0 aromatic heterocycles. The van der Waals surface area contributed by atoms with Crippen molar-refractivity contribution in [2.75, 3.05) is 17.2 Å². The second-order valence-corrected chi connectivity index (χ2v) is 6.35. The van der Waals surface area contributed by atoms with Gasteiger partial charge in [0.05, 0.1) is 11.4 Å². The molecular weight excluding hydrogens is 349 g/mol. The molecule has 1 amide bonds. The van der Waals surface area contributed by atoms with Gasteiger partial charge in [0.2, 0.25) is 5.91 Å². The Balaban J connectivity index is 2.24. The second kappa shape index (κ2) is 5.95. The zero-order chi connectivity index (χ0) is 17.4. The number of hydrogen-bond acceptors (Lipinski definition) is 4. The van der Waals surface area contributed by atoms with Crippen molar-refractivity contribution < 1.29 is 39.4 Å². The number of hydrogen-bond donors (Lipinski definition) is 0. The molecule has 1 aromatic rings. The van der Waals surface area contributed by atoms with Gasteiger partial charge >= 0.3 is 16.6 Å². The van der Waals surface area contributed by atoms with Gasteiger partial charge in [0, 0.05) is 24.9 Å². The van der Waals surface area contributed by atoms with Crippen LogP contribution in [0, 0.1) is 11.7 Å². The highest BCUT2D eigenvalue weighted by Crippen LogP contribution is 2.33. The molecule has 1 aromatic carbocycles. The van der Waals surface area contributed by atoms with E-state index in [1.54, 1.807) is 0 Å². The van der Waals surface area contributed by atoms with Gasteiger partial charge in [-0.3, -0.25) is 4.79 Å². The van der Waals surface area contributed by atoms with E-state index >= 15 is 0 Å². The standard InChI is InChI=1S/C12H10F5NO4S/c13-9-2-1-8(22-12(14,15)16)4-10(9)18-5-7(3-11(18)19)6-23(17,20)21/h1-2,4,7H,3,5-6H2. The lowest BCUT2D eigenvalue weighted by Gasteiger charge is -2.18. The van der Waals surface area contributed by atoms with Crippen molar-refractivity contribution in [3.8, 4) is 5.75 Å². The molecule has 1 aliphatic rings. The quantitative estimate of drug-likeness (QED) is 0.612. The van der Waals surface area contributed by atoms with E-state index in [4.69, 9.17) is 0 Å². The van der Waals surface area contributed by atoms with Gasteiger partial charge in [0.25, 0.3) is 0 Å². The van der Waals surface area contributed by atoms with Crippen molar-refractivity contribution in [1.29, 1.82) is 0 Å². The Kier molecular flexibility index (Phi) is 4.51. The first kappa shape index (κ1) is 17.4. The molecule has 1 aliphatic heterocycles. The fourth-order valence-corrected chi connectivity index (χ4v) is 3.09. The monoisotopic (exact) mass is 359 g/mol. The zero-order valence-corrected chi connectivity index (χ0v) is 12.1. The van der Waals surface area contributed by atoms with E-state index in [2.05, 4.69) is 4.74 Å². The summed E-state index contributed by atoms with van der Waals surface area (Å²) >= 11 is 0. The van der Waals surface area contributed by atoms with Crippen LogP contribution in [0.4, 0.5) is 27.1 Å². The van der Waals surface area contributed by atoms with Crippen molar-refractivity contribution in [3.05, 3.63) is 24.0 Å². The average Bonchev–Trinajstić information content (AvgIpc) is 2.68. The maximum absolute atomic E-state index is 13.8. The van der Waals surface area contributed by atoms with Crippen LogP contribution in [0.25, 0.3) is 0 Å². The number of halogens is 5. The Labute approximate surface area is 127 Å². The molecule has 1 saturated heterocycles. The molecule has 0 bridgehead atoms. The first-order valence-corrected chi connectivity index (χ1v) is 7.78. The molecule has 5 nitrogen and oxygen atoms in total. The number of rotatable bonds is 4. The summed E-state index contributed by atoms with van der Waals surface area (Å²) in [5, 5.41) is 0. The molecule has 1 unspecified atom stereocenters. The fraction of sp³-hybridized carbons (Fsp3) is 0.417. The third kappa shape index (κ3) is 4.78. The van der Waals surface area contributed by atoms with Crippen molar-refractivity contribution in [3.63, 3.8) is 0 Å². The second-order valence-electron chi connectivity index (χ2n) is 4.94. The van der Waals surface area contributed by atoms with Crippen molar-refractivity contribution >= 4 is 21.8 Å². The molecule has 1 heterocycles. The highest BCUT2D eigenvalue weighted by Gasteiger charge is 2.36. The number of ether oxygens (including phenoxy) is 1. The number of carbonyl (C=O) groups excluding carboxylic acids is 1. The van der Waals surface area contributed by atoms with Gasteiger partial charge in [-0.05, 0) is 12.1 Å². The largest absolute Gasteiger partial charge is 0.573 e. The predicted molar refractivity (Wildman–Crippen MR) is 68.4 cm³/mol. The normalized spacial score (nSPS) is 19.3. The molecule has 11 heteroatoms. The topological polar surface area (TPSA) is 63.7 Å². The summed E-state index contributed by atoms with van der Waals surface area (Å²) < 4.78 is 87.8. The van der Waals surface area contributed by atoms with Crippen molar-refractivity contribution in [2.45, 2.75) is 12.8 Å². The van der Waals surface area contributed by atoms with E-state index in [9.17, 15) is 34.7 Å². The molecule has 0 radical (unpaired) electrons. The van der Waals surface area contributed by atoms with E-state index < -0.39 is 51.4 Å². The first-order chi connectivity index (χ1) is 10.4. The zero-order valence-electron chi connectivity index (χ0n) is 11.3. The summed E-state index contributed by atoms with van der Waals surface area (Å²) in [6.07, 6.45) is -5.35. The molecule has 0 N–H and O–H groups in total. The third-order valence-electron chi connectivity index (χ3n) is 3.08. The lowest BCUT2D eigenvalue weighted by atomic mass is 10.1. The number of anilines is 1. The van der Waals surface area contributed by atoms with Crippen molar-refractivity contribution in [1.82, 2.24) is 0 Å². The summed E-state index contributed by atoms with van der Waals surface area (Å²) in [6.45, 7) is -0.325. The third-order valence-corrected chi connectivity index (χ3v) is 3.95. The Bertz CT molecular complexity index is 719. The molecule has 0 spiro atoms. The van der Waals surface area contributed by atoms with E-state index in [-0.39, 0.29) is 13.0 Å². The van der Waals surface area contributed by atoms with Gasteiger partial charge in [-0.2, -0.15) is 8.42 Å². The Morgan fingerprint density at radius 2 is 1.96 bits per heavy atom. The summed E-state index contributed by atoms with van der Waals surface area (Å²) in [6, 6.07) is 2.09. The average molecular weight is 359 g/mol. The number of amides is 1. The number of alkyl halides is 3. The summed E-state index contributed by atoms with van der Waals surface area (Å²) in [5.74, 6) is -4.28. The van der Waals surface area contributed by atoms with Gasteiger partial charge in [-0.15, -0.1) is 17.1 Å². The first-order valence-electron chi connectivity index (χ1n) is 6.22. The number of nitrogens with zero attached hydrogens (tertiary/aromatic N) is 1. The molecule has 2 rings (SSSR count). The number of carbonyl (C=O) groups is 1. The molecule has 1 fully saturated rings. The molecular formula is C12H10F5NO4S. The maximum atomic E-state index is 13.8. The highest BCUT2D eigenvalue weighted by molar-refractivity contribution is 7.86. The van der Waals surface area contributed by atoms with Crippen LogP contribution >= 0.6 is 0 Å². The minimum absolute atomic E-state index is 0.325. The molecule has 23 heavy (non-hydrogen) atoms. The Morgan fingerprint density at radius 3 is 2.52 bits per heavy atom. The fourth-order valence-electron chi connectivity index (χ4n) is 2.30. The van der Waals surface area contributed by atoms with Crippen LogP contribution in [-0.4, -0.2) is 33.0 Å². The van der Waals surface area contributed by atoms with Gasteiger partial charge in [0.15, 0.2) is 0 Å². The van der Waals surface area contributed by atoms with Gasteiger partial charge in [-0.1, -0.05) is 0 Å². The molecule has 0 aliphatic carbocycles. The van der Waals surface area contributed by atoms with Gasteiger partial charge < -0.3 is 9.64 Å². The molecule has 1 atom stereocenters. The minimum Gasteiger partial charge on any atom is -0.406 e. The van der Waals surface area contributed by atoms with E-state index in [0.717, 1.165) is 11.0 Å². The van der Waals surface area contributed by atoms with Crippen molar-refractivity contribution in [2.24, 2.45) is 5.92 Å². The summed E-state index contributed by atoms with van der Waals surface area (Å²) in [4.78, 5) is 12.6. The lowest BCUT2D eigenvalue weighted by molar-refractivity contribution is -0.274. The van der Waals surface area contributed by atoms with Crippen LogP contribution in [-0.2, 0) is 15.0 Å². The highest BCUT2D eigenvalue weighted by atomic mass is 32.3. The van der Waals surface area contributed by atoms with Crippen LogP contribution in [0.5, 0.6) is 5.75 Å². The summed E-state index contributed by atoms with van der Waals surface area (Å²) in [7, 11) is -4.82. The predicted octanol–water partition coefficient (Wildman–Crippen LogP) is 2.38. The number of benzene rings is 1. The van der Waals surface area contributed by atoms with Crippen LogP contribution < -0.4 is 9.64 Å². The van der Waals surface area contributed by atoms with E-state index in [0.29, 0.717) is 12.1 Å². The van der Waals surface area contributed by atoms with E-state index in [1.807, 2.05) is 0 Å². The SMILES string of the molecule is O=C1CC(CS(=O)(=O)F)CN1c1cc(OC(F)(F)F)ccc1F. The van der Waals surface area contributed by atoms with E-state index in [1.165, 1.54) is 0 Å². The lowest BCUT2D eigenvalue weighted by Crippen LogP contribution is -2.26.